The largest absolute Gasteiger partial charge is 0.743 e. The van der Waals surface area contributed by atoms with Crippen LogP contribution in [-0.2, 0) is 48.2 Å². The van der Waals surface area contributed by atoms with Gasteiger partial charge in [0.05, 0.1) is 0 Å². The Kier molecular flexibility index (Phi) is 10.5. The molecule has 0 aromatic heterocycles. The summed E-state index contributed by atoms with van der Waals surface area (Å²) in [6.07, 6.45) is 3.85. The van der Waals surface area contributed by atoms with E-state index >= 15 is 0 Å². The van der Waals surface area contributed by atoms with Gasteiger partial charge in [-0.15, -0.1) is 0 Å². The first-order valence-electron chi connectivity index (χ1n) is 16.2. The van der Waals surface area contributed by atoms with Crippen LogP contribution in [0.25, 0.3) is 0 Å². The topological polar surface area (TPSA) is 162 Å². The van der Waals surface area contributed by atoms with Crippen molar-refractivity contribution in [3.05, 3.63) is 0 Å². The molecule has 0 amide bonds. The molecule has 4 rings (SSSR count). The fourth-order valence-corrected chi connectivity index (χ4v) is 10.2. The van der Waals surface area contributed by atoms with E-state index in [0.717, 1.165) is 25.7 Å². The van der Waals surface area contributed by atoms with Gasteiger partial charge in [-0.2, -0.15) is 8.78 Å². The molecule has 262 valence electrons. The van der Waals surface area contributed by atoms with Crippen molar-refractivity contribution in [3.63, 3.8) is 0 Å². The van der Waals surface area contributed by atoms with Gasteiger partial charge in [-0.3, -0.25) is 19.2 Å². The van der Waals surface area contributed by atoms with E-state index in [1.54, 1.807) is 0 Å². The maximum absolute atomic E-state index is 13.5. The number of hydrogen-bond donors (Lipinski definition) is 0. The minimum Gasteiger partial charge on any atom is -0.743 e. The molecule has 11 atom stereocenters. The van der Waals surface area contributed by atoms with Crippen LogP contribution < -0.4 is 0 Å². The maximum atomic E-state index is 13.5. The number of carbonyl (C=O) groups excluding carboxylic acids is 4. The average molecular weight is 678 g/mol. The van der Waals surface area contributed by atoms with Gasteiger partial charge in [-0.05, 0) is 86.4 Å². The van der Waals surface area contributed by atoms with Crippen LogP contribution in [0.1, 0.15) is 99.3 Å². The third-order valence-corrected chi connectivity index (χ3v) is 12.8. The predicted molar refractivity (Wildman–Crippen MR) is 157 cm³/mol. The highest BCUT2D eigenvalue weighted by molar-refractivity contribution is 7.86. The molecule has 0 bridgehead atoms. The summed E-state index contributed by atoms with van der Waals surface area (Å²) < 4.78 is 81.4. The van der Waals surface area contributed by atoms with Crippen molar-refractivity contribution in [3.8, 4) is 0 Å². The first-order chi connectivity index (χ1) is 21.2. The van der Waals surface area contributed by atoms with Crippen LogP contribution in [-0.4, -0.2) is 67.0 Å². The van der Waals surface area contributed by atoms with Crippen LogP contribution in [0, 0.1) is 46.3 Å². The molecule has 0 heterocycles. The molecule has 0 radical (unpaired) electrons. The van der Waals surface area contributed by atoms with Crippen molar-refractivity contribution in [2.45, 2.75) is 123 Å². The Labute approximate surface area is 269 Å². The lowest BCUT2D eigenvalue weighted by molar-refractivity contribution is -0.224. The molecule has 11 nitrogen and oxygen atoms in total. The van der Waals surface area contributed by atoms with Gasteiger partial charge in [-0.25, -0.2) is 8.42 Å². The third-order valence-electron chi connectivity index (χ3n) is 12.0. The first-order valence-corrected chi connectivity index (χ1v) is 17.6. The zero-order valence-corrected chi connectivity index (χ0v) is 28.2. The number of ether oxygens (including phenoxy) is 4. The Bertz CT molecular complexity index is 1300. The number of rotatable bonds is 10. The van der Waals surface area contributed by atoms with Crippen molar-refractivity contribution >= 4 is 34.0 Å². The second kappa shape index (κ2) is 13.3. The second-order valence-corrected chi connectivity index (χ2v) is 16.0. The summed E-state index contributed by atoms with van der Waals surface area (Å²) >= 11 is 0. The molecule has 0 spiro atoms. The van der Waals surface area contributed by atoms with Crippen LogP contribution >= 0.6 is 0 Å². The van der Waals surface area contributed by atoms with Gasteiger partial charge < -0.3 is 23.5 Å². The van der Waals surface area contributed by atoms with Gasteiger partial charge in [0.25, 0.3) is 0 Å². The number of esters is 4. The van der Waals surface area contributed by atoms with Gasteiger partial charge in [0.2, 0.25) is 0 Å². The summed E-state index contributed by atoms with van der Waals surface area (Å²) in [6, 6.07) is 0. The van der Waals surface area contributed by atoms with Crippen molar-refractivity contribution in [2.75, 3.05) is 6.61 Å². The number of carbonyl (C=O) groups is 4. The molecular formula is C32H47F2O11S-. The molecule has 4 aliphatic carbocycles. The van der Waals surface area contributed by atoms with Crippen molar-refractivity contribution in [2.24, 2.45) is 46.3 Å². The van der Waals surface area contributed by atoms with Crippen LogP contribution in [0.4, 0.5) is 8.78 Å². The van der Waals surface area contributed by atoms with Gasteiger partial charge in [0, 0.05) is 38.5 Å². The summed E-state index contributed by atoms with van der Waals surface area (Å²) in [4.78, 5) is 49.0. The zero-order chi connectivity index (χ0) is 34.4. The molecule has 11 unspecified atom stereocenters. The summed E-state index contributed by atoms with van der Waals surface area (Å²) in [6.45, 7) is 8.64. The third kappa shape index (κ3) is 7.07. The lowest BCUT2D eigenvalue weighted by Crippen LogP contribution is -2.63. The van der Waals surface area contributed by atoms with Gasteiger partial charge in [0.15, 0.2) is 16.7 Å². The summed E-state index contributed by atoms with van der Waals surface area (Å²) in [5.41, 5.74) is -0.707. The van der Waals surface area contributed by atoms with Gasteiger partial charge in [-0.1, -0.05) is 20.8 Å². The highest BCUT2D eigenvalue weighted by atomic mass is 32.2. The molecule has 0 aromatic carbocycles. The smallest absolute Gasteiger partial charge is 0.367 e. The van der Waals surface area contributed by atoms with E-state index in [9.17, 15) is 40.9 Å². The van der Waals surface area contributed by atoms with Gasteiger partial charge >= 0.3 is 29.1 Å². The SMILES string of the molecule is CC(=O)OC1CCC2(C)C(C1)CC(OC(C)=O)C1C2CC(OC(C)=O)C2(C)C(C(C)CCC(=O)OCC(F)(F)S(=O)(=O)[O-])CCC12. The van der Waals surface area contributed by atoms with Crippen molar-refractivity contribution < 1.29 is 59.9 Å². The number of halogens is 2. The Morgan fingerprint density at radius 1 is 0.913 bits per heavy atom. The normalized spacial score (nSPS) is 37.9. The first kappa shape index (κ1) is 36.5. The van der Waals surface area contributed by atoms with Gasteiger partial charge in [0.1, 0.15) is 18.3 Å². The highest BCUT2D eigenvalue weighted by Gasteiger charge is 2.67. The monoisotopic (exact) mass is 677 g/mol. The van der Waals surface area contributed by atoms with Crippen molar-refractivity contribution in [1.82, 2.24) is 0 Å². The number of alkyl halides is 2. The van der Waals surface area contributed by atoms with Crippen LogP contribution in [0.2, 0.25) is 0 Å². The molecule has 4 fully saturated rings. The van der Waals surface area contributed by atoms with E-state index in [1.165, 1.54) is 20.8 Å². The molecule has 0 N–H and O–H groups in total. The average Bonchev–Trinajstić information content (AvgIpc) is 3.28. The second-order valence-electron chi connectivity index (χ2n) is 14.5. The molecule has 0 aliphatic heterocycles. The summed E-state index contributed by atoms with van der Waals surface area (Å²) in [7, 11) is -5.97. The molecule has 0 aromatic rings. The minimum absolute atomic E-state index is 0.00864. The van der Waals surface area contributed by atoms with Crippen LogP contribution in [0.3, 0.4) is 0 Å². The molecule has 4 saturated carbocycles. The molecule has 0 saturated heterocycles. The molecule has 14 heteroatoms. The highest BCUT2D eigenvalue weighted by Crippen LogP contribution is 2.69. The van der Waals surface area contributed by atoms with E-state index < -0.39 is 45.4 Å². The van der Waals surface area contributed by atoms with E-state index in [0.29, 0.717) is 19.3 Å². The summed E-state index contributed by atoms with van der Waals surface area (Å²) in [5, 5.41) is -4.72. The number of fused-ring (bicyclic) bond motifs is 5. The Balaban J connectivity index is 1.58. The van der Waals surface area contributed by atoms with E-state index in [2.05, 4.69) is 18.6 Å². The maximum Gasteiger partial charge on any atom is 0.367 e. The lowest BCUT2D eigenvalue weighted by Gasteiger charge is -2.64. The quantitative estimate of drug-likeness (QED) is 0.178. The molecular weight excluding hydrogens is 630 g/mol. The standard InChI is InChI=1S/C32H48F2O11S/c1-17(7-10-28(38)42-16-32(33,34)46(39,40)41)23-8-9-24-29-25(15-27(31(23,24)6)45-20(4)37)30(5)12-11-22(43-18(2)35)13-21(30)14-26(29)44-19(3)36/h17,21-27,29H,7-16H2,1-6H3,(H,39,40,41)/p-1. The fraction of sp³-hybridized carbons (Fsp3) is 0.875. The van der Waals surface area contributed by atoms with E-state index in [4.69, 9.17) is 14.2 Å². The van der Waals surface area contributed by atoms with Crippen LogP contribution in [0.5, 0.6) is 0 Å². The lowest BCUT2D eigenvalue weighted by atomic mass is 9.43. The van der Waals surface area contributed by atoms with E-state index in [-0.39, 0.29) is 77.9 Å². The fourth-order valence-electron chi connectivity index (χ4n) is 9.97. The molecule has 46 heavy (non-hydrogen) atoms. The Morgan fingerprint density at radius 3 is 2.13 bits per heavy atom. The van der Waals surface area contributed by atoms with Crippen LogP contribution in [0.15, 0.2) is 0 Å². The van der Waals surface area contributed by atoms with E-state index in [1.807, 2.05) is 6.92 Å². The zero-order valence-electron chi connectivity index (χ0n) is 27.4. The Hall–Kier alpha value is -2.35. The molecule has 4 aliphatic rings. The van der Waals surface area contributed by atoms with Crippen molar-refractivity contribution in [1.29, 1.82) is 0 Å². The minimum atomic E-state index is -5.97. The Morgan fingerprint density at radius 2 is 1.54 bits per heavy atom. The number of hydrogen-bond acceptors (Lipinski definition) is 11. The summed E-state index contributed by atoms with van der Waals surface area (Å²) in [5.74, 6) is -2.12. The predicted octanol–water partition coefficient (Wildman–Crippen LogP) is 4.76.